The van der Waals surface area contributed by atoms with Gasteiger partial charge < -0.3 is 24.5 Å². The Bertz CT molecular complexity index is 956. The normalized spacial score (nSPS) is 17.3. The average Bonchev–Trinajstić information content (AvgIpc) is 2.98. The highest BCUT2D eigenvalue weighted by molar-refractivity contribution is 6.56. The number of hydrogen-bond acceptors (Lipinski definition) is 5. The first-order chi connectivity index (χ1) is 15.1. The molecule has 0 radical (unpaired) electrons. The molecule has 0 aliphatic carbocycles. The molecular formula is C25H32BNO5. The van der Waals surface area contributed by atoms with Crippen LogP contribution in [0.5, 0.6) is 0 Å². The SMILES string of the molecule is Cc1c(C=C(CNC(=O)OCc2ccccc2)B2OC(C)(C)C(C)(C)O2)cccc1CO. The molecule has 2 N–H and O–H groups in total. The van der Waals surface area contributed by atoms with Crippen LogP contribution in [0.25, 0.3) is 6.08 Å². The maximum Gasteiger partial charge on any atom is 0.492 e. The van der Waals surface area contributed by atoms with Crippen LogP contribution >= 0.6 is 0 Å². The van der Waals surface area contributed by atoms with Gasteiger partial charge in [-0.15, -0.1) is 0 Å². The average molecular weight is 437 g/mol. The van der Waals surface area contributed by atoms with Crippen molar-refractivity contribution in [2.24, 2.45) is 0 Å². The van der Waals surface area contributed by atoms with Crippen LogP contribution in [0.4, 0.5) is 4.79 Å². The number of benzene rings is 2. The molecule has 2 aromatic carbocycles. The van der Waals surface area contributed by atoms with Gasteiger partial charge in [-0.3, -0.25) is 0 Å². The van der Waals surface area contributed by atoms with Gasteiger partial charge in [0, 0.05) is 6.54 Å². The Morgan fingerprint density at radius 1 is 1.06 bits per heavy atom. The molecule has 170 valence electrons. The van der Waals surface area contributed by atoms with Crippen molar-refractivity contribution in [3.63, 3.8) is 0 Å². The minimum atomic E-state index is -0.619. The minimum Gasteiger partial charge on any atom is -0.445 e. The predicted molar refractivity (Wildman–Crippen MR) is 126 cm³/mol. The summed E-state index contributed by atoms with van der Waals surface area (Å²) in [5, 5.41) is 12.4. The molecule has 0 spiro atoms. The summed E-state index contributed by atoms with van der Waals surface area (Å²) < 4.78 is 17.8. The number of amides is 1. The van der Waals surface area contributed by atoms with E-state index in [2.05, 4.69) is 5.32 Å². The second kappa shape index (κ2) is 9.90. The lowest BCUT2D eigenvalue weighted by Gasteiger charge is -2.32. The van der Waals surface area contributed by atoms with E-state index in [-0.39, 0.29) is 19.8 Å². The number of nitrogens with one attached hydrogen (secondary N) is 1. The Kier molecular flexibility index (Phi) is 7.44. The van der Waals surface area contributed by atoms with Gasteiger partial charge in [0.25, 0.3) is 0 Å². The number of aliphatic hydroxyl groups is 1. The number of carbonyl (C=O) groups excluding carboxylic acids is 1. The molecule has 3 rings (SSSR count). The van der Waals surface area contributed by atoms with Crippen molar-refractivity contribution in [2.45, 2.75) is 59.0 Å². The highest BCUT2D eigenvalue weighted by Crippen LogP contribution is 2.38. The first-order valence-electron chi connectivity index (χ1n) is 10.8. The van der Waals surface area contributed by atoms with Gasteiger partial charge in [0.1, 0.15) is 6.61 Å². The maximum absolute atomic E-state index is 12.3. The number of hydrogen-bond donors (Lipinski definition) is 2. The quantitative estimate of drug-likeness (QED) is 0.627. The van der Waals surface area contributed by atoms with Gasteiger partial charge in [-0.1, -0.05) is 54.6 Å². The zero-order chi connectivity index (χ0) is 23.4. The zero-order valence-electron chi connectivity index (χ0n) is 19.5. The Labute approximate surface area is 190 Å². The van der Waals surface area contributed by atoms with E-state index in [0.717, 1.165) is 27.7 Å². The topological polar surface area (TPSA) is 77.0 Å². The van der Waals surface area contributed by atoms with Crippen molar-refractivity contribution in [2.75, 3.05) is 6.54 Å². The van der Waals surface area contributed by atoms with Crippen molar-refractivity contribution < 1.29 is 23.9 Å². The summed E-state index contributed by atoms with van der Waals surface area (Å²) in [4.78, 5) is 12.3. The molecule has 0 atom stereocenters. The molecule has 6 nitrogen and oxygen atoms in total. The first kappa shape index (κ1) is 24.0. The van der Waals surface area contributed by atoms with Gasteiger partial charge in [-0.2, -0.15) is 0 Å². The summed E-state index contributed by atoms with van der Waals surface area (Å²) in [5.41, 5.74) is 3.41. The molecule has 0 saturated carbocycles. The fraction of sp³-hybridized carbons (Fsp3) is 0.400. The molecular weight excluding hydrogens is 405 g/mol. The monoisotopic (exact) mass is 437 g/mol. The molecule has 1 saturated heterocycles. The third-order valence-corrected chi connectivity index (χ3v) is 6.20. The Morgan fingerprint density at radius 3 is 2.34 bits per heavy atom. The van der Waals surface area contributed by atoms with Gasteiger partial charge in [0.2, 0.25) is 0 Å². The Balaban J connectivity index is 1.78. The van der Waals surface area contributed by atoms with Crippen LogP contribution in [0.15, 0.2) is 54.0 Å². The summed E-state index contributed by atoms with van der Waals surface area (Å²) in [6.45, 7) is 10.3. The van der Waals surface area contributed by atoms with Gasteiger partial charge in [0.15, 0.2) is 0 Å². The standard InChI is InChI=1S/C25H32BNO5/c1-18-20(12-9-13-21(18)16-28)14-22(26-31-24(2,3)25(4,5)32-26)15-27-23(29)30-17-19-10-7-6-8-11-19/h6-14,28H,15-17H2,1-5H3,(H,27,29). The van der Waals surface area contributed by atoms with Gasteiger partial charge in [-0.25, -0.2) is 4.79 Å². The van der Waals surface area contributed by atoms with Gasteiger partial charge >= 0.3 is 13.2 Å². The van der Waals surface area contributed by atoms with Crippen molar-refractivity contribution >= 4 is 19.3 Å². The van der Waals surface area contributed by atoms with E-state index in [4.69, 9.17) is 14.0 Å². The molecule has 32 heavy (non-hydrogen) atoms. The smallest absolute Gasteiger partial charge is 0.445 e. The third-order valence-electron chi connectivity index (χ3n) is 6.20. The molecule has 0 aromatic heterocycles. The number of aliphatic hydroxyl groups excluding tert-OH is 1. The van der Waals surface area contributed by atoms with Crippen molar-refractivity contribution in [3.8, 4) is 0 Å². The first-order valence-corrected chi connectivity index (χ1v) is 10.8. The van der Waals surface area contributed by atoms with Crippen LogP contribution in [0.1, 0.15) is 49.9 Å². The number of ether oxygens (including phenoxy) is 1. The summed E-state index contributed by atoms with van der Waals surface area (Å²) in [6.07, 6.45) is 1.44. The van der Waals surface area contributed by atoms with Crippen molar-refractivity contribution in [1.82, 2.24) is 5.32 Å². The lowest BCUT2D eigenvalue weighted by molar-refractivity contribution is 0.00578. The summed E-state index contributed by atoms with van der Waals surface area (Å²) in [5.74, 6) is 0. The van der Waals surface area contributed by atoms with E-state index in [9.17, 15) is 9.90 Å². The van der Waals surface area contributed by atoms with Crippen molar-refractivity contribution in [3.05, 3.63) is 76.3 Å². The summed E-state index contributed by atoms with van der Waals surface area (Å²) in [6, 6.07) is 15.3. The van der Waals surface area contributed by atoms with Crippen LogP contribution in [-0.4, -0.2) is 36.1 Å². The lowest BCUT2D eigenvalue weighted by atomic mass is 9.76. The molecule has 2 aromatic rings. The fourth-order valence-corrected chi connectivity index (χ4v) is 3.38. The number of alkyl carbamates (subject to hydrolysis) is 1. The summed E-state index contributed by atoms with van der Waals surface area (Å²) >= 11 is 0. The van der Waals surface area contributed by atoms with E-state index in [1.165, 1.54) is 0 Å². The largest absolute Gasteiger partial charge is 0.492 e. The van der Waals surface area contributed by atoms with E-state index < -0.39 is 24.4 Å². The highest BCUT2D eigenvalue weighted by atomic mass is 16.7. The van der Waals surface area contributed by atoms with Gasteiger partial charge in [0.05, 0.1) is 17.8 Å². The second-order valence-corrected chi connectivity index (χ2v) is 9.01. The fourth-order valence-electron chi connectivity index (χ4n) is 3.38. The zero-order valence-corrected chi connectivity index (χ0v) is 19.5. The van der Waals surface area contributed by atoms with E-state index in [1.807, 2.05) is 89.2 Å². The lowest BCUT2D eigenvalue weighted by Crippen LogP contribution is -2.41. The molecule has 1 fully saturated rings. The Morgan fingerprint density at radius 2 is 1.72 bits per heavy atom. The maximum atomic E-state index is 12.3. The van der Waals surface area contributed by atoms with Crippen LogP contribution in [0.3, 0.4) is 0 Å². The van der Waals surface area contributed by atoms with Crippen LogP contribution in [0.2, 0.25) is 0 Å². The molecule has 1 amide bonds. The highest BCUT2D eigenvalue weighted by Gasteiger charge is 2.52. The van der Waals surface area contributed by atoms with E-state index in [0.29, 0.717) is 0 Å². The molecule has 0 bridgehead atoms. The molecule has 0 unspecified atom stereocenters. The van der Waals surface area contributed by atoms with Crippen molar-refractivity contribution in [1.29, 1.82) is 0 Å². The van der Waals surface area contributed by atoms with Gasteiger partial charge in [-0.05, 0) is 62.3 Å². The third kappa shape index (κ3) is 5.60. The Hall–Kier alpha value is -2.61. The molecule has 1 aliphatic rings. The minimum absolute atomic E-state index is 0.0383. The molecule has 1 heterocycles. The second-order valence-electron chi connectivity index (χ2n) is 9.01. The molecule has 1 aliphatic heterocycles. The molecule has 7 heteroatoms. The van der Waals surface area contributed by atoms with Crippen LogP contribution in [-0.2, 0) is 27.3 Å². The predicted octanol–water partition coefficient (Wildman–Crippen LogP) is 4.43. The number of carbonyl (C=O) groups is 1. The summed E-state index contributed by atoms with van der Waals surface area (Å²) in [7, 11) is -0.619. The van der Waals surface area contributed by atoms with Crippen LogP contribution in [0, 0.1) is 6.92 Å². The number of rotatable bonds is 7. The van der Waals surface area contributed by atoms with E-state index >= 15 is 0 Å². The van der Waals surface area contributed by atoms with E-state index in [1.54, 1.807) is 0 Å². The van der Waals surface area contributed by atoms with Crippen LogP contribution < -0.4 is 5.32 Å².